The van der Waals surface area contributed by atoms with Crippen molar-refractivity contribution in [3.8, 4) is 5.75 Å². The number of carbonyl (C=O) groups excluding carboxylic acids is 3. The van der Waals surface area contributed by atoms with Gasteiger partial charge in [0.1, 0.15) is 23.9 Å². The largest absolute Gasteiger partial charge is 0.489 e. The predicted octanol–water partition coefficient (Wildman–Crippen LogP) is 1.67. The fourth-order valence-electron chi connectivity index (χ4n) is 2.74. The third kappa shape index (κ3) is 3.50. The molecule has 7 nitrogen and oxygen atoms in total. The van der Waals surface area contributed by atoms with Crippen LogP contribution < -0.4 is 15.8 Å². The minimum absolute atomic E-state index is 0.262. The fraction of sp³-hybridized carbons (Fsp3) is 0.389. The number of imide groups is 1. The van der Waals surface area contributed by atoms with Crippen LogP contribution in [0.25, 0.3) is 0 Å². The van der Waals surface area contributed by atoms with Gasteiger partial charge in [0.05, 0.1) is 0 Å². The molecule has 1 saturated heterocycles. The number of amides is 4. The molecule has 1 aliphatic rings. The molecule has 1 aromatic carbocycles. The third-order valence-electron chi connectivity index (χ3n) is 4.17. The van der Waals surface area contributed by atoms with E-state index in [-0.39, 0.29) is 6.42 Å². The van der Waals surface area contributed by atoms with E-state index in [0.29, 0.717) is 17.9 Å². The van der Waals surface area contributed by atoms with E-state index in [4.69, 9.17) is 10.5 Å². The van der Waals surface area contributed by atoms with Crippen LogP contribution >= 0.6 is 0 Å². The van der Waals surface area contributed by atoms with E-state index in [1.54, 1.807) is 38.1 Å². The average molecular weight is 345 g/mol. The molecule has 0 aromatic heterocycles. The van der Waals surface area contributed by atoms with Gasteiger partial charge in [0.2, 0.25) is 5.91 Å². The normalized spacial score (nSPS) is 21.0. The first-order valence-corrected chi connectivity index (χ1v) is 8.03. The number of nitrogens with one attached hydrogen (secondary N) is 1. The van der Waals surface area contributed by atoms with Crippen molar-refractivity contribution < 1.29 is 19.1 Å². The summed E-state index contributed by atoms with van der Waals surface area (Å²) >= 11 is 0. The van der Waals surface area contributed by atoms with Gasteiger partial charge in [-0.1, -0.05) is 25.6 Å². The Labute approximate surface area is 146 Å². The Balaban J connectivity index is 2.26. The van der Waals surface area contributed by atoms with E-state index in [2.05, 4.69) is 11.9 Å². The van der Waals surface area contributed by atoms with Gasteiger partial charge in [-0.25, -0.2) is 9.69 Å². The van der Waals surface area contributed by atoms with Crippen molar-refractivity contribution in [1.82, 2.24) is 10.2 Å². The molecule has 2 rings (SSSR count). The van der Waals surface area contributed by atoms with Crippen LogP contribution in [0.15, 0.2) is 36.4 Å². The SMILES string of the molecule is C=C(C)COc1ccc(C2(C)NC(=O)N(C(CC)C(N)=O)C2=O)cc1. The molecule has 1 heterocycles. The van der Waals surface area contributed by atoms with E-state index in [1.165, 1.54) is 0 Å². The van der Waals surface area contributed by atoms with Crippen molar-refractivity contribution in [1.29, 1.82) is 0 Å². The molecule has 1 aromatic rings. The van der Waals surface area contributed by atoms with Gasteiger partial charge in [-0.05, 0) is 43.5 Å². The standard InChI is InChI=1S/C18H23N3O4/c1-5-14(15(19)22)21-16(23)18(4,20-17(21)24)12-6-8-13(9-7-12)25-10-11(2)3/h6-9,14H,2,5,10H2,1,3-4H3,(H2,19,22)(H,20,24). The molecule has 0 spiro atoms. The zero-order chi connectivity index (χ0) is 18.8. The highest BCUT2D eigenvalue weighted by Gasteiger charge is 2.52. The summed E-state index contributed by atoms with van der Waals surface area (Å²) in [6, 6.07) is 5.27. The molecule has 3 N–H and O–H groups in total. The second-order valence-corrected chi connectivity index (χ2v) is 6.33. The molecule has 0 bridgehead atoms. The van der Waals surface area contributed by atoms with Gasteiger partial charge in [0, 0.05) is 0 Å². The number of nitrogens with two attached hydrogens (primary N) is 1. The third-order valence-corrected chi connectivity index (χ3v) is 4.17. The van der Waals surface area contributed by atoms with Crippen LogP contribution in [0.1, 0.15) is 32.8 Å². The lowest BCUT2D eigenvalue weighted by atomic mass is 9.91. The monoisotopic (exact) mass is 345 g/mol. The Morgan fingerprint density at radius 1 is 1.36 bits per heavy atom. The molecule has 7 heteroatoms. The molecule has 1 fully saturated rings. The fourth-order valence-corrected chi connectivity index (χ4v) is 2.74. The Morgan fingerprint density at radius 2 is 1.96 bits per heavy atom. The first-order valence-electron chi connectivity index (χ1n) is 8.03. The zero-order valence-corrected chi connectivity index (χ0v) is 14.7. The number of carbonyl (C=O) groups is 3. The number of ether oxygens (including phenoxy) is 1. The Hall–Kier alpha value is -2.83. The van der Waals surface area contributed by atoms with Crippen molar-refractivity contribution in [2.75, 3.05) is 6.61 Å². The van der Waals surface area contributed by atoms with Crippen LogP contribution in [-0.2, 0) is 15.1 Å². The predicted molar refractivity (Wildman–Crippen MR) is 92.8 cm³/mol. The van der Waals surface area contributed by atoms with Gasteiger partial charge in [-0.15, -0.1) is 0 Å². The van der Waals surface area contributed by atoms with Crippen LogP contribution in [0, 0.1) is 0 Å². The Kier molecular flexibility index (Phi) is 5.15. The maximum atomic E-state index is 12.8. The van der Waals surface area contributed by atoms with Crippen LogP contribution in [-0.4, -0.2) is 35.4 Å². The molecule has 1 aliphatic heterocycles. The van der Waals surface area contributed by atoms with E-state index in [1.807, 2.05) is 6.92 Å². The van der Waals surface area contributed by atoms with E-state index in [0.717, 1.165) is 10.5 Å². The van der Waals surface area contributed by atoms with Gasteiger partial charge in [0.25, 0.3) is 5.91 Å². The molecule has 4 amide bonds. The van der Waals surface area contributed by atoms with E-state index < -0.39 is 29.4 Å². The van der Waals surface area contributed by atoms with Gasteiger partial charge >= 0.3 is 6.03 Å². The number of hydrogen-bond acceptors (Lipinski definition) is 4. The van der Waals surface area contributed by atoms with Crippen LogP contribution in [0.3, 0.4) is 0 Å². The topological polar surface area (TPSA) is 102 Å². The molecular formula is C18H23N3O4. The number of nitrogens with zero attached hydrogens (tertiary/aromatic N) is 1. The number of hydrogen-bond donors (Lipinski definition) is 2. The summed E-state index contributed by atoms with van der Waals surface area (Å²) in [5, 5.41) is 2.66. The molecule has 0 saturated carbocycles. The van der Waals surface area contributed by atoms with Gasteiger partial charge < -0.3 is 15.8 Å². The first-order chi connectivity index (χ1) is 11.7. The lowest BCUT2D eigenvalue weighted by molar-refractivity contribution is -0.137. The average Bonchev–Trinajstić information content (AvgIpc) is 2.78. The highest BCUT2D eigenvalue weighted by atomic mass is 16.5. The van der Waals surface area contributed by atoms with E-state index in [9.17, 15) is 14.4 Å². The minimum atomic E-state index is -1.26. The summed E-state index contributed by atoms with van der Waals surface area (Å²) in [5.74, 6) is -0.579. The van der Waals surface area contributed by atoms with Gasteiger partial charge in [-0.3, -0.25) is 9.59 Å². The van der Waals surface area contributed by atoms with Gasteiger partial charge in [-0.2, -0.15) is 0 Å². The second-order valence-electron chi connectivity index (χ2n) is 6.33. The number of benzene rings is 1. The molecule has 2 atom stereocenters. The van der Waals surface area contributed by atoms with Crippen LogP contribution in [0.5, 0.6) is 5.75 Å². The second kappa shape index (κ2) is 6.96. The lowest BCUT2D eigenvalue weighted by Crippen LogP contribution is -2.49. The van der Waals surface area contributed by atoms with Crippen molar-refractivity contribution in [3.63, 3.8) is 0 Å². The van der Waals surface area contributed by atoms with Gasteiger partial charge in [0.15, 0.2) is 0 Å². The van der Waals surface area contributed by atoms with Crippen molar-refractivity contribution in [2.45, 2.75) is 38.8 Å². The summed E-state index contributed by atoms with van der Waals surface area (Å²) in [4.78, 5) is 37.6. The lowest BCUT2D eigenvalue weighted by Gasteiger charge is -2.25. The summed E-state index contributed by atoms with van der Waals surface area (Å²) in [6.07, 6.45) is 0.262. The maximum absolute atomic E-state index is 12.8. The summed E-state index contributed by atoms with van der Waals surface area (Å²) in [5.41, 5.74) is 5.55. The molecule has 0 aliphatic carbocycles. The number of primary amides is 1. The molecule has 25 heavy (non-hydrogen) atoms. The summed E-state index contributed by atoms with van der Waals surface area (Å²) in [7, 11) is 0. The Morgan fingerprint density at radius 3 is 2.44 bits per heavy atom. The molecular weight excluding hydrogens is 322 g/mol. The van der Waals surface area contributed by atoms with Crippen molar-refractivity contribution in [2.24, 2.45) is 5.73 Å². The van der Waals surface area contributed by atoms with Crippen molar-refractivity contribution >= 4 is 17.8 Å². The van der Waals surface area contributed by atoms with E-state index >= 15 is 0 Å². The zero-order valence-electron chi connectivity index (χ0n) is 14.7. The first kappa shape index (κ1) is 18.5. The number of urea groups is 1. The summed E-state index contributed by atoms with van der Waals surface area (Å²) < 4.78 is 5.53. The molecule has 134 valence electrons. The molecule has 2 unspecified atom stereocenters. The highest BCUT2D eigenvalue weighted by Crippen LogP contribution is 2.31. The van der Waals surface area contributed by atoms with Crippen molar-refractivity contribution in [3.05, 3.63) is 42.0 Å². The quantitative estimate of drug-likeness (QED) is 0.580. The minimum Gasteiger partial charge on any atom is -0.489 e. The van der Waals surface area contributed by atoms with Crippen LogP contribution in [0.2, 0.25) is 0 Å². The summed E-state index contributed by atoms with van der Waals surface area (Å²) in [6.45, 7) is 9.32. The highest BCUT2D eigenvalue weighted by molar-refractivity contribution is 6.09. The maximum Gasteiger partial charge on any atom is 0.326 e. The smallest absolute Gasteiger partial charge is 0.326 e. The number of rotatable bonds is 7. The van der Waals surface area contributed by atoms with Crippen LogP contribution in [0.4, 0.5) is 4.79 Å². The Bertz CT molecular complexity index is 714. The molecule has 0 radical (unpaired) electrons.